The molecule has 0 saturated carbocycles. The molecule has 73 heavy (non-hydrogen) atoms. The van der Waals surface area contributed by atoms with E-state index in [1.165, 1.54) is 28.0 Å². The summed E-state index contributed by atoms with van der Waals surface area (Å²) in [5.41, 5.74) is 6.30. The molecule has 1 unspecified atom stereocenters. The number of carbonyl (C=O) groups excluding carboxylic acids is 3. The number of fused-ring (bicyclic) bond motifs is 1. The van der Waals surface area contributed by atoms with E-state index in [2.05, 4.69) is 76.5 Å². The Kier molecular flexibility index (Phi) is 14.8. The highest BCUT2D eigenvalue weighted by molar-refractivity contribution is 8.00. The van der Waals surface area contributed by atoms with Gasteiger partial charge in [-0.1, -0.05) is 187 Å². The van der Waals surface area contributed by atoms with E-state index >= 15 is 0 Å². The van der Waals surface area contributed by atoms with Crippen LogP contribution in [0.25, 0.3) is 0 Å². The molecule has 0 bridgehead atoms. The summed E-state index contributed by atoms with van der Waals surface area (Å²) >= 11 is 9.07. The number of ether oxygens (including phenoxy) is 2. The minimum atomic E-state index is -1.03. The summed E-state index contributed by atoms with van der Waals surface area (Å²) in [4.78, 5) is 55.8. The highest BCUT2D eigenvalue weighted by atomic mass is 35.5. The third-order valence-electron chi connectivity index (χ3n) is 12.8. The first-order valence-electron chi connectivity index (χ1n) is 23.5. The molecule has 2 amide bonds. The van der Waals surface area contributed by atoms with Crippen molar-refractivity contribution >= 4 is 63.3 Å². The van der Waals surface area contributed by atoms with Crippen LogP contribution in [0.2, 0.25) is 0 Å². The van der Waals surface area contributed by atoms with Gasteiger partial charge in [0.05, 0.1) is 7.11 Å². The van der Waals surface area contributed by atoms with Crippen LogP contribution in [0.3, 0.4) is 0 Å². The largest absolute Gasteiger partial charge is 0.497 e. The van der Waals surface area contributed by atoms with Crippen molar-refractivity contribution in [3.05, 3.63) is 261 Å². The van der Waals surface area contributed by atoms with E-state index in [-0.39, 0.29) is 35.5 Å². The summed E-state index contributed by atoms with van der Waals surface area (Å²) in [7, 11) is 1.57. The molecular formula is C59H48ClN5O6S2. The quantitative estimate of drug-likeness (QED) is 0.0215. The zero-order valence-electron chi connectivity index (χ0n) is 39.5. The van der Waals surface area contributed by atoms with Gasteiger partial charge in [-0.15, -0.1) is 34.7 Å². The number of esters is 1. The first kappa shape index (κ1) is 48.6. The fourth-order valence-electron chi connectivity index (χ4n) is 9.25. The lowest BCUT2D eigenvalue weighted by molar-refractivity contribution is -0.153. The Bertz CT molecular complexity index is 3140. The van der Waals surface area contributed by atoms with Crippen molar-refractivity contribution in [2.75, 3.05) is 24.1 Å². The molecule has 3 heterocycles. The van der Waals surface area contributed by atoms with Gasteiger partial charge in [0.1, 0.15) is 40.7 Å². The van der Waals surface area contributed by atoms with Gasteiger partial charge in [-0.05, 0) is 57.2 Å². The van der Waals surface area contributed by atoms with Crippen molar-refractivity contribution < 1.29 is 28.7 Å². The summed E-state index contributed by atoms with van der Waals surface area (Å²) in [6.07, 6.45) is 0. The molecule has 1 aromatic heterocycles. The second-order valence-electron chi connectivity index (χ2n) is 17.2. The van der Waals surface area contributed by atoms with E-state index in [1.807, 2.05) is 115 Å². The predicted molar refractivity (Wildman–Crippen MR) is 288 cm³/mol. The molecule has 1 fully saturated rings. The van der Waals surface area contributed by atoms with Crippen molar-refractivity contribution in [1.29, 1.82) is 0 Å². The number of nitrogens with one attached hydrogen (secondary N) is 2. The molecule has 10 rings (SSSR count). The third kappa shape index (κ3) is 10.1. The first-order chi connectivity index (χ1) is 35.9. The number of rotatable bonds is 18. The summed E-state index contributed by atoms with van der Waals surface area (Å²) in [5, 5.41) is 13.0. The maximum Gasteiger partial charge on any atom is 0.355 e. The van der Waals surface area contributed by atoms with Crippen LogP contribution in [0.4, 0.5) is 5.13 Å². The average molecular weight is 1020 g/mol. The molecule has 7 aromatic carbocycles. The maximum atomic E-state index is 15.0. The molecule has 364 valence electrons. The molecule has 2 N–H and O–H groups in total. The Balaban J connectivity index is 0.996. The predicted octanol–water partition coefficient (Wildman–Crippen LogP) is 11.2. The molecule has 2 atom stereocenters. The molecule has 8 aromatic rings. The number of para-hydroxylation sites is 1. The Morgan fingerprint density at radius 2 is 1.30 bits per heavy atom. The fraction of sp³-hybridized carbons (Fsp3) is 0.136. The Morgan fingerprint density at radius 1 is 0.753 bits per heavy atom. The summed E-state index contributed by atoms with van der Waals surface area (Å²) < 4.78 is 11.0. The number of β-lactam (4-membered cyclic amide) rings is 1. The molecule has 0 spiro atoms. The number of hydrogen-bond donors (Lipinski definition) is 2. The number of methoxy groups -OCH3 is 1. The van der Waals surface area contributed by atoms with E-state index in [1.54, 1.807) is 36.8 Å². The van der Waals surface area contributed by atoms with Crippen LogP contribution in [0.15, 0.2) is 222 Å². The van der Waals surface area contributed by atoms with Gasteiger partial charge >= 0.3 is 5.97 Å². The number of nitrogens with zero attached hydrogens (tertiary/aromatic N) is 3. The average Bonchev–Trinajstić information content (AvgIpc) is 3.92. The number of oxime groups is 1. The fourth-order valence-corrected chi connectivity index (χ4v) is 11.7. The normalized spacial score (nSPS) is 15.5. The van der Waals surface area contributed by atoms with Gasteiger partial charge in [0.15, 0.2) is 16.6 Å². The Morgan fingerprint density at radius 3 is 1.86 bits per heavy atom. The van der Waals surface area contributed by atoms with Gasteiger partial charge < -0.3 is 24.9 Å². The zero-order chi connectivity index (χ0) is 50.2. The van der Waals surface area contributed by atoms with E-state index in [4.69, 9.17) is 30.9 Å². The van der Waals surface area contributed by atoms with Crippen LogP contribution in [0, 0.1) is 0 Å². The maximum absolute atomic E-state index is 15.0. The van der Waals surface area contributed by atoms with E-state index in [9.17, 15) is 14.4 Å². The number of amides is 2. The molecule has 2 aliphatic rings. The third-order valence-corrected chi connectivity index (χ3v) is 15.2. The van der Waals surface area contributed by atoms with Crippen molar-refractivity contribution in [1.82, 2.24) is 15.2 Å². The minimum Gasteiger partial charge on any atom is -0.497 e. The number of halogens is 1. The first-order valence-corrected chi connectivity index (χ1v) is 26.0. The van der Waals surface area contributed by atoms with E-state index < -0.39 is 34.7 Å². The molecule has 0 aliphatic carbocycles. The van der Waals surface area contributed by atoms with Crippen LogP contribution >= 0.6 is 34.7 Å². The number of alkyl halides is 1. The van der Waals surface area contributed by atoms with Gasteiger partial charge in [-0.25, -0.2) is 9.78 Å². The SMILES string of the molecule is COc1ccc(COC(=O)C2=C(CCl)CS[C@H]3C(NC(=O)C(=NOc4ccccc4C(c4ccccc4)c4ccccc4)c4csc(NC(c5ccccc5)(c5ccccc5)c5ccccc5)n4)C(=O)N23)cc1. The van der Waals surface area contributed by atoms with E-state index in [0.717, 1.165) is 38.9 Å². The Labute approximate surface area is 436 Å². The lowest BCUT2D eigenvalue weighted by Crippen LogP contribution is -2.71. The standard InChI is InChI=1S/C59H48ClN5O6S2/c1-69-46-33-31-39(32-34-46)36-70-57(68)53-42(35-60)37-72-56-52(55(67)65(53)56)62-54(66)51(64-71-49-30-18-17-29-47(49)50(40-19-7-2-8-20-40)41-21-9-3-10-22-41)48-38-73-58(61-48)63-59(43-23-11-4-12-24-43,44-25-13-5-14-26-44)45-27-15-6-16-28-45/h2-34,38,50,52,56H,35-37H2,1H3,(H,61,63)(H,62,66)/t52?,56-/m0/s1. The molecule has 1 saturated heterocycles. The Hall–Kier alpha value is -7.97. The topological polar surface area (TPSA) is 131 Å². The number of thioether (sulfide) groups is 1. The van der Waals surface area contributed by atoms with Crippen molar-refractivity contribution in [3.63, 3.8) is 0 Å². The highest BCUT2D eigenvalue weighted by Gasteiger charge is 2.55. The van der Waals surface area contributed by atoms with Crippen LogP contribution in [-0.4, -0.2) is 63.5 Å². The smallest absolute Gasteiger partial charge is 0.355 e. The van der Waals surface area contributed by atoms with E-state index in [0.29, 0.717) is 28.0 Å². The lowest BCUT2D eigenvalue weighted by Gasteiger charge is -2.49. The van der Waals surface area contributed by atoms with Gasteiger partial charge in [-0.2, -0.15) is 0 Å². The number of benzene rings is 7. The van der Waals surface area contributed by atoms with Gasteiger partial charge in [-0.3, -0.25) is 14.5 Å². The number of anilines is 1. The number of carbonyl (C=O) groups is 3. The summed E-state index contributed by atoms with van der Waals surface area (Å²) in [6, 6.07) is 64.3. The van der Waals surface area contributed by atoms with Crippen molar-refractivity contribution in [2.45, 2.75) is 29.5 Å². The number of hydrogen-bond acceptors (Lipinski definition) is 11. The molecule has 0 radical (unpaired) electrons. The van der Waals surface area contributed by atoms with Gasteiger partial charge in [0, 0.05) is 28.5 Å². The summed E-state index contributed by atoms with van der Waals surface area (Å²) in [6.45, 7) is -0.0318. The summed E-state index contributed by atoms with van der Waals surface area (Å²) in [5.74, 6) is -0.688. The van der Waals surface area contributed by atoms with Crippen LogP contribution < -0.4 is 20.2 Å². The number of aromatic nitrogens is 1. The highest BCUT2D eigenvalue weighted by Crippen LogP contribution is 2.43. The minimum absolute atomic E-state index is 0.0127. The van der Waals surface area contributed by atoms with Crippen LogP contribution in [0.5, 0.6) is 11.5 Å². The second kappa shape index (κ2) is 22.2. The van der Waals surface area contributed by atoms with Gasteiger partial charge in [0.2, 0.25) is 0 Å². The monoisotopic (exact) mass is 1020 g/mol. The molecule has 14 heteroatoms. The number of thiazole rings is 1. The van der Waals surface area contributed by atoms with Crippen molar-refractivity contribution in [2.24, 2.45) is 5.16 Å². The molecular weight excluding hydrogens is 974 g/mol. The van der Waals surface area contributed by atoms with Crippen molar-refractivity contribution in [3.8, 4) is 11.5 Å². The van der Waals surface area contributed by atoms with Crippen LogP contribution in [0.1, 0.15) is 50.6 Å². The second-order valence-corrected chi connectivity index (χ2v) is 19.4. The molecule has 11 nitrogen and oxygen atoms in total. The van der Waals surface area contributed by atoms with Crippen LogP contribution in [-0.2, 0) is 31.3 Å². The lowest BCUT2D eigenvalue weighted by atomic mass is 9.77. The molecule has 2 aliphatic heterocycles. The van der Waals surface area contributed by atoms with Gasteiger partial charge in [0.25, 0.3) is 11.8 Å². The zero-order valence-corrected chi connectivity index (χ0v) is 41.9.